The van der Waals surface area contributed by atoms with Crippen molar-refractivity contribution in [3.8, 4) is 0 Å². The van der Waals surface area contributed by atoms with Gasteiger partial charge in [-0.1, -0.05) is 32.1 Å². The van der Waals surface area contributed by atoms with Crippen LogP contribution in [0.3, 0.4) is 0 Å². The summed E-state index contributed by atoms with van der Waals surface area (Å²) in [6.07, 6.45) is 6.81. The molecule has 1 fully saturated rings. The highest BCUT2D eigenvalue weighted by Gasteiger charge is 2.33. The van der Waals surface area contributed by atoms with Gasteiger partial charge in [0.1, 0.15) is 0 Å². The minimum Gasteiger partial charge on any atom is -0.398 e. The third-order valence-corrected chi connectivity index (χ3v) is 5.70. The van der Waals surface area contributed by atoms with Crippen LogP contribution in [0.2, 0.25) is 6.55 Å². The molecule has 0 bridgehead atoms. The van der Waals surface area contributed by atoms with Crippen molar-refractivity contribution in [2.45, 2.75) is 38.7 Å². The second-order valence-electron chi connectivity index (χ2n) is 3.99. The zero-order valence-electron chi connectivity index (χ0n) is 9.01. The molecule has 0 aromatic rings. The minimum atomic E-state index is -1.91. The fraction of sp³-hybridized carbons (Fsp3) is 0.900. The first kappa shape index (κ1) is 11.2. The second kappa shape index (κ2) is 5.13. The summed E-state index contributed by atoms with van der Waals surface area (Å²) < 4.78 is 10.9. The predicted octanol–water partition coefficient (Wildman–Crippen LogP) is 2.67. The average Bonchev–Trinajstić information content (AvgIpc) is 2.19. The standard InChI is InChI=1S/C10H21O2Si/c1-11-13(3,12-2)9-10-7-5-4-6-8-10/h9-10H,4-8H2,1-3H3. The van der Waals surface area contributed by atoms with Crippen LogP contribution < -0.4 is 0 Å². The molecule has 0 N–H and O–H groups in total. The lowest BCUT2D eigenvalue weighted by Gasteiger charge is -2.29. The van der Waals surface area contributed by atoms with Crippen molar-refractivity contribution in [1.82, 2.24) is 0 Å². The Bertz CT molecular complexity index is 140. The normalized spacial score (nSPS) is 20.5. The topological polar surface area (TPSA) is 18.5 Å². The molecule has 0 aromatic carbocycles. The van der Waals surface area contributed by atoms with Crippen LogP contribution in [0.5, 0.6) is 0 Å². The summed E-state index contributed by atoms with van der Waals surface area (Å²) in [7, 11) is 1.61. The average molecular weight is 201 g/mol. The molecular formula is C10H21O2Si. The highest BCUT2D eigenvalue weighted by molar-refractivity contribution is 6.69. The number of hydrogen-bond acceptors (Lipinski definition) is 2. The van der Waals surface area contributed by atoms with Crippen molar-refractivity contribution < 1.29 is 8.85 Å². The first-order chi connectivity index (χ1) is 6.20. The van der Waals surface area contributed by atoms with Crippen molar-refractivity contribution in [2.75, 3.05) is 14.2 Å². The molecule has 0 atom stereocenters. The van der Waals surface area contributed by atoms with Gasteiger partial charge in [0.25, 0.3) is 0 Å². The summed E-state index contributed by atoms with van der Waals surface area (Å²) in [6.45, 7) is 2.11. The SMILES string of the molecule is CO[Si](C)([CH]C1CCCCC1)OC. The van der Waals surface area contributed by atoms with Crippen LogP contribution in [0.15, 0.2) is 0 Å². The van der Waals surface area contributed by atoms with Crippen LogP contribution in [0.1, 0.15) is 32.1 Å². The van der Waals surface area contributed by atoms with Gasteiger partial charge in [0.2, 0.25) is 0 Å². The van der Waals surface area contributed by atoms with Gasteiger partial charge < -0.3 is 8.85 Å². The molecule has 0 aliphatic heterocycles. The highest BCUT2D eigenvalue weighted by Crippen LogP contribution is 2.29. The maximum Gasteiger partial charge on any atom is 0.338 e. The molecule has 3 heteroatoms. The molecule has 1 saturated carbocycles. The van der Waals surface area contributed by atoms with Gasteiger partial charge in [0, 0.05) is 20.3 Å². The van der Waals surface area contributed by atoms with Crippen molar-refractivity contribution in [3.63, 3.8) is 0 Å². The quantitative estimate of drug-likeness (QED) is 0.651. The van der Waals surface area contributed by atoms with Gasteiger partial charge in [-0.05, 0) is 12.5 Å². The van der Waals surface area contributed by atoms with Gasteiger partial charge in [0.05, 0.1) is 0 Å². The Balaban J connectivity index is 2.35. The van der Waals surface area contributed by atoms with E-state index in [1.165, 1.54) is 32.1 Å². The van der Waals surface area contributed by atoms with Gasteiger partial charge in [-0.3, -0.25) is 0 Å². The Hall–Kier alpha value is 0.137. The maximum atomic E-state index is 5.45. The van der Waals surface area contributed by atoms with Crippen molar-refractivity contribution in [1.29, 1.82) is 0 Å². The molecule has 77 valence electrons. The minimum absolute atomic E-state index is 0.741. The van der Waals surface area contributed by atoms with Gasteiger partial charge in [0.15, 0.2) is 0 Å². The van der Waals surface area contributed by atoms with E-state index < -0.39 is 8.56 Å². The van der Waals surface area contributed by atoms with Crippen LogP contribution in [-0.4, -0.2) is 22.8 Å². The Kier molecular flexibility index (Phi) is 4.42. The van der Waals surface area contributed by atoms with E-state index >= 15 is 0 Å². The summed E-state index contributed by atoms with van der Waals surface area (Å²) in [5, 5.41) is 0. The van der Waals surface area contributed by atoms with Gasteiger partial charge >= 0.3 is 8.56 Å². The van der Waals surface area contributed by atoms with E-state index in [4.69, 9.17) is 8.85 Å². The highest BCUT2D eigenvalue weighted by atomic mass is 28.4. The van der Waals surface area contributed by atoms with Crippen LogP contribution in [-0.2, 0) is 8.85 Å². The lowest BCUT2D eigenvalue weighted by atomic mass is 9.91. The molecule has 0 unspecified atom stereocenters. The largest absolute Gasteiger partial charge is 0.398 e. The lowest BCUT2D eigenvalue weighted by molar-refractivity contribution is 0.248. The number of hydrogen-bond donors (Lipinski definition) is 0. The van der Waals surface area contributed by atoms with E-state index in [1.807, 2.05) is 0 Å². The molecule has 0 heterocycles. The van der Waals surface area contributed by atoms with Crippen molar-refractivity contribution in [2.24, 2.45) is 5.92 Å². The maximum absolute atomic E-state index is 5.45. The molecule has 1 radical (unpaired) electrons. The van der Waals surface area contributed by atoms with Gasteiger partial charge in [-0.25, -0.2) is 0 Å². The summed E-state index contributed by atoms with van der Waals surface area (Å²) in [6, 6.07) is 2.35. The smallest absolute Gasteiger partial charge is 0.338 e. The van der Waals surface area contributed by atoms with Crippen molar-refractivity contribution >= 4 is 8.56 Å². The number of rotatable bonds is 4. The van der Waals surface area contributed by atoms with Gasteiger partial charge in [-0.15, -0.1) is 0 Å². The molecule has 0 spiro atoms. The Morgan fingerprint density at radius 2 is 1.62 bits per heavy atom. The lowest BCUT2D eigenvalue weighted by Crippen LogP contribution is -2.40. The van der Waals surface area contributed by atoms with Crippen molar-refractivity contribution in [3.05, 3.63) is 6.04 Å². The van der Waals surface area contributed by atoms with E-state index in [0.717, 1.165) is 5.92 Å². The third kappa shape index (κ3) is 3.41. The van der Waals surface area contributed by atoms with E-state index in [9.17, 15) is 0 Å². The fourth-order valence-electron chi connectivity index (χ4n) is 1.95. The summed E-state index contributed by atoms with van der Waals surface area (Å²) in [4.78, 5) is 0. The van der Waals surface area contributed by atoms with Crippen LogP contribution in [0.25, 0.3) is 0 Å². The summed E-state index contributed by atoms with van der Waals surface area (Å²) >= 11 is 0. The van der Waals surface area contributed by atoms with Crippen LogP contribution in [0.4, 0.5) is 0 Å². The Labute approximate surface area is 82.9 Å². The first-order valence-electron chi connectivity index (χ1n) is 5.16. The molecule has 0 saturated heterocycles. The Morgan fingerprint density at radius 1 is 1.08 bits per heavy atom. The molecule has 0 aromatic heterocycles. The molecule has 1 rings (SSSR count). The molecular weight excluding hydrogens is 180 g/mol. The third-order valence-electron chi connectivity index (χ3n) is 3.00. The predicted molar refractivity (Wildman–Crippen MR) is 56.5 cm³/mol. The molecule has 1 aliphatic rings. The summed E-state index contributed by atoms with van der Waals surface area (Å²) in [5.74, 6) is 0.741. The summed E-state index contributed by atoms with van der Waals surface area (Å²) in [5.41, 5.74) is 0. The molecule has 1 aliphatic carbocycles. The van der Waals surface area contributed by atoms with E-state index in [-0.39, 0.29) is 0 Å². The van der Waals surface area contributed by atoms with Gasteiger partial charge in [-0.2, -0.15) is 0 Å². The Morgan fingerprint density at radius 3 is 2.08 bits per heavy atom. The van der Waals surface area contributed by atoms with E-state index in [2.05, 4.69) is 12.6 Å². The van der Waals surface area contributed by atoms with E-state index in [1.54, 1.807) is 14.2 Å². The second-order valence-corrected chi connectivity index (χ2v) is 7.17. The molecule has 2 nitrogen and oxygen atoms in total. The molecule has 13 heavy (non-hydrogen) atoms. The van der Waals surface area contributed by atoms with E-state index in [0.29, 0.717) is 0 Å². The van der Waals surface area contributed by atoms with Crippen LogP contribution >= 0.6 is 0 Å². The molecule has 0 amide bonds. The zero-order valence-corrected chi connectivity index (χ0v) is 10.0. The van der Waals surface area contributed by atoms with Crippen LogP contribution in [0, 0.1) is 12.0 Å². The fourth-order valence-corrected chi connectivity index (χ4v) is 3.58. The zero-order chi connectivity index (χ0) is 9.73. The monoisotopic (exact) mass is 201 g/mol. The first-order valence-corrected chi connectivity index (χ1v) is 7.56.